The second-order valence-electron chi connectivity index (χ2n) is 6.26. The maximum atomic E-state index is 12.8. The number of nitrogens with zero attached hydrogens (tertiary/aromatic N) is 2. The predicted molar refractivity (Wildman–Crippen MR) is 106 cm³/mol. The third kappa shape index (κ3) is 3.80. The fraction of sp³-hybridized carbons (Fsp3) is 0.368. The van der Waals surface area contributed by atoms with E-state index in [2.05, 4.69) is 22.4 Å². The monoisotopic (exact) mass is 371 g/mol. The Labute approximate surface area is 156 Å². The fourth-order valence-electron chi connectivity index (χ4n) is 3.45. The Morgan fingerprint density at radius 2 is 1.92 bits per heavy atom. The molecule has 0 bridgehead atoms. The van der Waals surface area contributed by atoms with Crippen molar-refractivity contribution in [1.82, 2.24) is 9.88 Å². The van der Waals surface area contributed by atoms with Gasteiger partial charge in [0.05, 0.1) is 10.6 Å². The standard InChI is InChI=1S/C19H21N3OS2/c23-19(22-10-2-5-17(22)14-6-8-20-9-7-14)21-16-4-1-3-15(13-16)18-24-11-12-25-18/h1,3-4,6-9,13,17-18H,2,5,10-12H2,(H,21,23). The largest absolute Gasteiger partial charge is 0.322 e. The molecule has 1 atom stereocenters. The van der Waals surface area contributed by atoms with Gasteiger partial charge in [-0.05, 0) is 48.2 Å². The summed E-state index contributed by atoms with van der Waals surface area (Å²) in [5.74, 6) is 2.40. The van der Waals surface area contributed by atoms with Gasteiger partial charge in [0.15, 0.2) is 0 Å². The van der Waals surface area contributed by atoms with Crippen molar-refractivity contribution in [3.05, 3.63) is 59.9 Å². The first-order valence-corrected chi connectivity index (χ1v) is 10.7. The number of hydrogen-bond acceptors (Lipinski definition) is 4. The number of likely N-dealkylation sites (tertiary alicyclic amines) is 1. The van der Waals surface area contributed by atoms with Crippen LogP contribution in [-0.4, -0.2) is 34.0 Å². The number of benzene rings is 1. The summed E-state index contributed by atoms with van der Waals surface area (Å²) < 4.78 is 0.494. The van der Waals surface area contributed by atoms with E-state index in [4.69, 9.17) is 0 Å². The van der Waals surface area contributed by atoms with E-state index >= 15 is 0 Å². The summed E-state index contributed by atoms with van der Waals surface area (Å²) in [5.41, 5.74) is 3.34. The van der Waals surface area contributed by atoms with E-state index in [0.29, 0.717) is 4.58 Å². The molecule has 1 N–H and O–H groups in total. The molecule has 2 aromatic rings. The van der Waals surface area contributed by atoms with Crippen molar-refractivity contribution in [1.29, 1.82) is 0 Å². The number of amides is 2. The third-order valence-electron chi connectivity index (χ3n) is 4.64. The number of pyridine rings is 1. The lowest BCUT2D eigenvalue weighted by Crippen LogP contribution is -2.34. The van der Waals surface area contributed by atoms with Gasteiger partial charge in [0.1, 0.15) is 0 Å². The quantitative estimate of drug-likeness (QED) is 0.831. The van der Waals surface area contributed by atoms with Gasteiger partial charge < -0.3 is 10.2 Å². The highest BCUT2D eigenvalue weighted by atomic mass is 32.2. The van der Waals surface area contributed by atoms with Crippen LogP contribution in [0.15, 0.2) is 48.8 Å². The molecule has 2 saturated heterocycles. The highest BCUT2D eigenvalue weighted by molar-refractivity contribution is 8.19. The zero-order valence-electron chi connectivity index (χ0n) is 13.9. The summed E-state index contributed by atoms with van der Waals surface area (Å²) in [6.45, 7) is 0.798. The summed E-state index contributed by atoms with van der Waals surface area (Å²) in [4.78, 5) is 18.8. The first kappa shape index (κ1) is 16.8. The highest BCUT2D eigenvalue weighted by Gasteiger charge is 2.30. The van der Waals surface area contributed by atoms with Gasteiger partial charge in [0.2, 0.25) is 0 Å². The predicted octanol–water partition coefficient (Wildman–Crippen LogP) is 4.93. The Bertz CT molecular complexity index is 734. The van der Waals surface area contributed by atoms with E-state index in [0.717, 1.165) is 30.6 Å². The second kappa shape index (κ2) is 7.70. The molecule has 2 fully saturated rings. The van der Waals surface area contributed by atoms with E-state index < -0.39 is 0 Å². The van der Waals surface area contributed by atoms with Crippen LogP contribution < -0.4 is 5.32 Å². The summed E-state index contributed by atoms with van der Waals surface area (Å²) in [7, 11) is 0. The molecule has 1 aromatic heterocycles. The molecule has 6 heteroatoms. The van der Waals surface area contributed by atoms with E-state index in [-0.39, 0.29) is 12.1 Å². The molecule has 130 valence electrons. The third-order valence-corrected chi connectivity index (χ3v) is 7.74. The Morgan fingerprint density at radius 3 is 2.72 bits per heavy atom. The number of carbonyl (C=O) groups excluding carboxylic acids is 1. The highest BCUT2D eigenvalue weighted by Crippen LogP contribution is 2.45. The average molecular weight is 372 g/mol. The van der Waals surface area contributed by atoms with Crippen LogP contribution in [0.3, 0.4) is 0 Å². The van der Waals surface area contributed by atoms with Crippen molar-refractivity contribution in [2.75, 3.05) is 23.4 Å². The summed E-state index contributed by atoms with van der Waals surface area (Å²) in [6, 6.07) is 12.4. The normalized spacial score (nSPS) is 20.8. The summed E-state index contributed by atoms with van der Waals surface area (Å²) >= 11 is 3.96. The van der Waals surface area contributed by atoms with Gasteiger partial charge in [-0.1, -0.05) is 12.1 Å². The van der Waals surface area contributed by atoms with Crippen molar-refractivity contribution < 1.29 is 4.79 Å². The first-order chi connectivity index (χ1) is 12.3. The van der Waals surface area contributed by atoms with Crippen molar-refractivity contribution in [2.24, 2.45) is 0 Å². The molecule has 4 nitrogen and oxygen atoms in total. The van der Waals surface area contributed by atoms with Crippen molar-refractivity contribution in [2.45, 2.75) is 23.5 Å². The Kier molecular flexibility index (Phi) is 5.17. The minimum absolute atomic E-state index is 0.0109. The van der Waals surface area contributed by atoms with E-state index in [1.165, 1.54) is 17.1 Å². The zero-order valence-corrected chi connectivity index (χ0v) is 15.6. The number of aromatic nitrogens is 1. The molecule has 2 amide bonds. The van der Waals surface area contributed by atoms with Gasteiger partial charge in [0, 0.05) is 36.1 Å². The molecule has 4 rings (SSSR count). The Balaban J connectivity index is 1.47. The molecule has 0 saturated carbocycles. The van der Waals surface area contributed by atoms with Gasteiger partial charge in [-0.2, -0.15) is 0 Å². The minimum atomic E-state index is -0.0109. The van der Waals surface area contributed by atoms with Crippen LogP contribution in [0.5, 0.6) is 0 Å². The lowest BCUT2D eigenvalue weighted by atomic mass is 10.1. The van der Waals surface area contributed by atoms with Gasteiger partial charge in [-0.15, -0.1) is 23.5 Å². The molecule has 0 aliphatic carbocycles. The number of hydrogen-bond donors (Lipinski definition) is 1. The van der Waals surface area contributed by atoms with Gasteiger partial charge in [-0.25, -0.2) is 4.79 Å². The van der Waals surface area contributed by atoms with Crippen molar-refractivity contribution >= 4 is 35.2 Å². The Morgan fingerprint density at radius 1 is 1.12 bits per heavy atom. The van der Waals surface area contributed by atoms with Crippen LogP contribution in [0.4, 0.5) is 10.5 Å². The lowest BCUT2D eigenvalue weighted by Gasteiger charge is -2.25. The fourth-order valence-corrected chi connectivity index (χ4v) is 6.29. The lowest BCUT2D eigenvalue weighted by molar-refractivity contribution is 0.207. The van der Waals surface area contributed by atoms with Crippen molar-refractivity contribution in [3.63, 3.8) is 0 Å². The van der Waals surface area contributed by atoms with Gasteiger partial charge >= 0.3 is 6.03 Å². The van der Waals surface area contributed by atoms with E-state index in [1.54, 1.807) is 12.4 Å². The minimum Gasteiger partial charge on any atom is -0.317 e. The van der Waals surface area contributed by atoms with Gasteiger partial charge in [-0.3, -0.25) is 4.98 Å². The van der Waals surface area contributed by atoms with Crippen LogP contribution in [0.25, 0.3) is 0 Å². The second-order valence-corrected chi connectivity index (χ2v) is 8.99. The molecular weight excluding hydrogens is 350 g/mol. The molecule has 1 aromatic carbocycles. The van der Waals surface area contributed by atoms with Crippen molar-refractivity contribution in [3.8, 4) is 0 Å². The maximum absolute atomic E-state index is 12.8. The van der Waals surface area contributed by atoms with Crippen LogP contribution in [0.2, 0.25) is 0 Å². The number of rotatable bonds is 3. The van der Waals surface area contributed by atoms with Crippen LogP contribution in [0, 0.1) is 0 Å². The van der Waals surface area contributed by atoms with Crippen LogP contribution >= 0.6 is 23.5 Å². The van der Waals surface area contributed by atoms with Crippen LogP contribution in [-0.2, 0) is 0 Å². The number of carbonyl (C=O) groups is 1. The maximum Gasteiger partial charge on any atom is 0.322 e. The summed E-state index contributed by atoms with van der Waals surface area (Å²) in [5, 5.41) is 3.10. The molecular formula is C19H21N3OS2. The number of nitrogens with one attached hydrogen (secondary N) is 1. The molecule has 25 heavy (non-hydrogen) atoms. The topological polar surface area (TPSA) is 45.2 Å². The average Bonchev–Trinajstić information content (AvgIpc) is 3.34. The van der Waals surface area contributed by atoms with Crippen LogP contribution in [0.1, 0.15) is 34.6 Å². The molecule has 0 spiro atoms. The number of thioether (sulfide) groups is 2. The smallest absolute Gasteiger partial charge is 0.317 e. The molecule has 3 heterocycles. The molecule has 2 aliphatic heterocycles. The molecule has 0 radical (unpaired) electrons. The summed E-state index contributed by atoms with van der Waals surface area (Å²) in [6.07, 6.45) is 5.64. The Hall–Kier alpha value is -1.66. The SMILES string of the molecule is O=C(Nc1cccc(C2SCCS2)c1)N1CCCC1c1ccncc1. The molecule has 2 aliphatic rings. The first-order valence-electron chi connectivity index (χ1n) is 8.62. The molecule has 1 unspecified atom stereocenters. The van der Waals surface area contributed by atoms with E-state index in [9.17, 15) is 4.79 Å². The number of anilines is 1. The van der Waals surface area contributed by atoms with E-state index in [1.807, 2.05) is 52.7 Å². The van der Waals surface area contributed by atoms with Gasteiger partial charge in [0.25, 0.3) is 0 Å². The zero-order chi connectivity index (χ0) is 17.1. The number of urea groups is 1.